The maximum absolute atomic E-state index is 12.9. The number of oxime groups is 1. The fourth-order valence-electron chi connectivity index (χ4n) is 3.94. The fourth-order valence-corrected chi connectivity index (χ4v) is 8.06. The molecule has 0 bridgehead atoms. The molecule has 1 fully saturated rings. The van der Waals surface area contributed by atoms with Crippen molar-refractivity contribution in [2.45, 2.75) is 15.6 Å². The van der Waals surface area contributed by atoms with Gasteiger partial charge in [-0.15, -0.1) is 34.4 Å². The number of nitrogens with two attached hydrogens (primary N) is 1. The summed E-state index contributed by atoms with van der Waals surface area (Å²) in [5.41, 5.74) is 5.27. The predicted molar refractivity (Wildman–Crippen MR) is 153 cm³/mol. The minimum atomic E-state index is -1.29. The zero-order valence-corrected chi connectivity index (χ0v) is 23.4. The number of thiazole rings is 1. The third-order valence-electron chi connectivity index (χ3n) is 5.69. The molecule has 0 radical (unpaired) electrons. The summed E-state index contributed by atoms with van der Waals surface area (Å²) in [4.78, 5) is 55.1. The van der Waals surface area contributed by atoms with Crippen LogP contribution in [0.25, 0.3) is 10.1 Å². The summed E-state index contributed by atoms with van der Waals surface area (Å²) in [5, 5.41) is 28.3. The van der Waals surface area contributed by atoms with Crippen LogP contribution in [0.5, 0.6) is 0 Å². The lowest BCUT2D eigenvalue weighted by molar-refractivity contribution is -0.150. The van der Waals surface area contributed by atoms with Gasteiger partial charge >= 0.3 is 5.97 Å². The van der Waals surface area contributed by atoms with Gasteiger partial charge in [-0.1, -0.05) is 28.5 Å². The Hall–Kier alpha value is -3.37. The Kier molecular flexibility index (Phi) is 7.68. The molecule has 1 unspecified atom stereocenters. The number of aliphatic carboxylic acids is 1. The highest BCUT2D eigenvalue weighted by molar-refractivity contribution is 8.04. The molecule has 2 atom stereocenters. The molecule has 4 heterocycles. The predicted octanol–water partition coefficient (Wildman–Crippen LogP) is 3.18. The second kappa shape index (κ2) is 11.0. The quantitative estimate of drug-likeness (QED) is 0.101. The van der Waals surface area contributed by atoms with Crippen LogP contribution in [-0.4, -0.2) is 60.9 Å². The van der Waals surface area contributed by atoms with E-state index in [2.05, 4.69) is 15.5 Å². The highest BCUT2D eigenvalue weighted by Crippen LogP contribution is 2.41. The zero-order chi connectivity index (χ0) is 27.8. The number of halogens is 1. The zero-order valence-electron chi connectivity index (χ0n) is 19.4. The number of carbonyl (C=O) groups excluding carboxylic acids is 2. The van der Waals surface area contributed by atoms with E-state index in [9.17, 15) is 29.5 Å². The molecule has 1 aromatic carbocycles. The van der Waals surface area contributed by atoms with Gasteiger partial charge in [-0.25, -0.2) is 9.78 Å². The Balaban J connectivity index is 1.32. The number of hydrogen-bond donors (Lipinski definition) is 4. The van der Waals surface area contributed by atoms with Crippen LogP contribution in [0, 0.1) is 0 Å². The standard InChI is InChI=1S/C23H16ClN5O6S4/c24-10-1-2-11-13(30)6-15(39-14(11)5-10)36-4-3-9-7-37-21-17(20(32)29(21)18(9)22(33)34)27-19(31)16(28-35)12-8-38-23(25)26-12/h1-6,8,17,21,35H,7H2,(H2,25,26)(H,27,31)(H,33,34)/t17?,21-/m0/s1. The maximum Gasteiger partial charge on any atom is 0.352 e. The van der Waals surface area contributed by atoms with Gasteiger partial charge < -0.3 is 21.4 Å². The molecule has 2 aromatic heterocycles. The van der Waals surface area contributed by atoms with Gasteiger partial charge in [0.25, 0.3) is 11.8 Å². The number of amides is 2. The van der Waals surface area contributed by atoms with Crippen LogP contribution in [0.1, 0.15) is 5.69 Å². The molecular weight excluding hydrogens is 606 g/mol. The van der Waals surface area contributed by atoms with Gasteiger partial charge in [-0.3, -0.25) is 19.3 Å². The molecule has 39 heavy (non-hydrogen) atoms. The molecular formula is C23H16ClN5O6S4. The Bertz CT molecular complexity index is 1680. The van der Waals surface area contributed by atoms with Gasteiger partial charge in [-0.2, -0.15) is 0 Å². The SMILES string of the molecule is Nc1nc(C(=NO)C(=O)NC2C(=O)N3C(C(=O)O)=C(C=CSc4cc(=O)c5ccc(Cl)cc5s4)CS[C@@H]23)cs1. The van der Waals surface area contributed by atoms with Crippen molar-refractivity contribution in [3.8, 4) is 0 Å². The highest BCUT2D eigenvalue weighted by atomic mass is 35.5. The number of nitrogen functional groups attached to an aromatic ring is 1. The molecule has 2 amide bonds. The molecule has 16 heteroatoms. The van der Waals surface area contributed by atoms with E-state index in [0.29, 0.717) is 20.2 Å². The van der Waals surface area contributed by atoms with E-state index >= 15 is 0 Å². The number of carboxylic acid groups (broad SMARTS) is 1. The van der Waals surface area contributed by atoms with Crippen molar-refractivity contribution in [2.24, 2.45) is 5.16 Å². The second-order valence-electron chi connectivity index (χ2n) is 8.05. The van der Waals surface area contributed by atoms with Crippen LogP contribution in [-0.2, 0) is 14.4 Å². The number of anilines is 1. The van der Waals surface area contributed by atoms with E-state index in [4.69, 9.17) is 17.3 Å². The molecule has 0 spiro atoms. The number of hydrogen-bond acceptors (Lipinski definition) is 12. The number of fused-ring (bicyclic) bond motifs is 2. The van der Waals surface area contributed by atoms with Gasteiger partial charge in [0, 0.05) is 32.3 Å². The number of thioether (sulfide) groups is 2. The molecule has 2 aliphatic heterocycles. The number of β-lactam (4-membered cyclic amide) rings is 1. The van der Waals surface area contributed by atoms with Gasteiger partial charge in [-0.05, 0) is 35.3 Å². The Morgan fingerprint density at radius 1 is 1.31 bits per heavy atom. The molecule has 2 aliphatic rings. The number of benzene rings is 1. The smallest absolute Gasteiger partial charge is 0.352 e. The highest BCUT2D eigenvalue weighted by Gasteiger charge is 2.54. The van der Waals surface area contributed by atoms with Crippen LogP contribution in [0.2, 0.25) is 5.02 Å². The van der Waals surface area contributed by atoms with E-state index in [1.165, 1.54) is 46.3 Å². The normalized spacial score (nSPS) is 19.4. The molecule has 11 nitrogen and oxygen atoms in total. The minimum absolute atomic E-state index is 0.0491. The average molecular weight is 622 g/mol. The summed E-state index contributed by atoms with van der Waals surface area (Å²) in [7, 11) is 0. The third kappa shape index (κ3) is 5.27. The molecule has 5 N–H and O–H groups in total. The van der Waals surface area contributed by atoms with Gasteiger partial charge in [0.15, 0.2) is 16.3 Å². The lowest BCUT2D eigenvalue weighted by Crippen LogP contribution is -2.71. The van der Waals surface area contributed by atoms with Crippen LogP contribution in [0.4, 0.5) is 5.13 Å². The van der Waals surface area contributed by atoms with Crippen molar-refractivity contribution in [2.75, 3.05) is 11.5 Å². The van der Waals surface area contributed by atoms with Crippen molar-refractivity contribution in [1.82, 2.24) is 15.2 Å². The minimum Gasteiger partial charge on any atom is -0.477 e. The number of nitrogens with one attached hydrogen (secondary N) is 1. The first-order chi connectivity index (χ1) is 18.7. The average Bonchev–Trinajstić information content (AvgIpc) is 3.32. The first kappa shape index (κ1) is 27.2. The Labute approximate surface area is 241 Å². The van der Waals surface area contributed by atoms with Crippen LogP contribution >= 0.6 is 57.8 Å². The summed E-state index contributed by atoms with van der Waals surface area (Å²) < 4.78 is 1.43. The van der Waals surface area contributed by atoms with E-state index < -0.39 is 34.9 Å². The number of aromatic nitrogens is 1. The van der Waals surface area contributed by atoms with Crippen molar-refractivity contribution >= 4 is 96.5 Å². The monoisotopic (exact) mass is 621 g/mol. The summed E-state index contributed by atoms with van der Waals surface area (Å²) in [5.74, 6) is -2.49. The molecule has 200 valence electrons. The van der Waals surface area contributed by atoms with E-state index in [0.717, 1.165) is 20.9 Å². The summed E-state index contributed by atoms with van der Waals surface area (Å²) in [6, 6.07) is 5.52. The first-order valence-corrected chi connectivity index (χ1v) is 14.9. The van der Waals surface area contributed by atoms with E-state index in [1.807, 2.05) is 0 Å². The van der Waals surface area contributed by atoms with E-state index in [-0.39, 0.29) is 27.7 Å². The summed E-state index contributed by atoms with van der Waals surface area (Å²) >= 11 is 11.0. The van der Waals surface area contributed by atoms with Crippen molar-refractivity contribution < 1.29 is 24.7 Å². The van der Waals surface area contributed by atoms with Crippen molar-refractivity contribution in [3.05, 3.63) is 73.3 Å². The lowest BCUT2D eigenvalue weighted by atomic mass is 10.0. The molecule has 5 rings (SSSR count). The van der Waals surface area contributed by atoms with Crippen LogP contribution < -0.4 is 16.5 Å². The van der Waals surface area contributed by atoms with Crippen molar-refractivity contribution in [1.29, 1.82) is 0 Å². The fraction of sp³-hybridized carbons (Fsp3) is 0.130. The molecule has 0 aliphatic carbocycles. The molecule has 1 saturated heterocycles. The largest absolute Gasteiger partial charge is 0.477 e. The molecule has 0 saturated carbocycles. The van der Waals surface area contributed by atoms with Crippen LogP contribution in [0.3, 0.4) is 0 Å². The number of nitrogens with zero attached hydrogens (tertiary/aromatic N) is 3. The summed E-state index contributed by atoms with van der Waals surface area (Å²) in [6.07, 6.45) is 1.60. The lowest BCUT2D eigenvalue weighted by Gasteiger charge is -2.49. The van der Waals surface area contributed by atoms with Crippen molar-refractivity contribution in [3.63, 3.8) is 0 Å². The first-order valence-electron chi connectivity index (χ1n) is 10.9. The Morgan fingerprint density at radius 3 is 2.79 bits per heavy atom. The van der Waals surface area contributed by atoms with Crippen LogP contribution in [0.15, 0.2) is 66.6 Å². The third-order valence-corrected chi connectivity index (χ3v) is 9.94. The Morgan fingerprint density at radius 2 is 2.10 bits per heavy atom. The van der Waals surface area contributed by atoms with Gasteiger partial charge in [0.2, 0.25) is 0 Å². The topological polar surface area (TPSA) is 175 Å². The number of allylic oxidation sites excluding steroid dienone is 1. The maximum atomic E-state index is 12.9. The number of carboxylic acids is 1. The number of rotatable bonds is 7. The second-order valence-corrected chi connectivity index (χ2v) is 12.8. The molecule has 3 aromatic rings. The summed E-state index contributed by atoms with van der Waals surface area (Å²) in [6.45, 7) is 0. The number of carbonyl (C=O) groups is 3. The van der Waals surface area contributed by atoms with Gasteiger partial charge in [0.05, 0.1) is 4.21 Å². The van der Waals surface area contributed by atoms with Gasteiger partial charge in [0.1, 0.15) is 22.8 Å². The van der Waals surface area contributed by atoms with E-state index in [1.54, 1.807) is 29.7 Å².